The Balaban J connectivity index is 2.20. The molecule has 2 N–H and O–H groups in total. The fourth-order valence-corrected chi connectivity index (χ4v) is 1.34. The molecule has 1 atom stereocenters. The maximum Gasteiger partial charge on any atom is 0.123 e. The average molecular weight is 190 g/mol. The van der Waals surface area contributed by atoms with Gasteiger partial charge in [0.25, 0.3) is 0 Å². The molecular weight excluding hydrogens is 179 g/mol. The van der Waals surface area contributed by atoms with Crippen LogP contribution >= 0.6 is 0 Å². The minimum atomic E-state index is -0.217. The van der Waals surface area contributed by atoms with Crippen LogP contribution in [-0.4, -0.2) is 0 Å². The molecular formula is C11H11FN2. The topological polar surface area (TPSA) is 24.1 Å². The van der Waals surface area contributed by atoms with Crippen molar-refractivity contribution in [1.82, 2.24) is 10.9 Å². The van der Waals surface area contributed by atoms with E-state index in [9.17, 15) is 4.39 Å². The molecule has 3 heteroatoms. The maximum absolute atomic E-state index is 12.6. The zero-order chi connectivity index (χ0) is 9.97. The molecule has 0 spiro atoms. The van der Waals surface area contributed by atoms with E-state index in [0.717, 1.165) is 11.3 Å². The number of halogens is 1. The Labute approximate surface area is 82.1 Å². The van der Waals surface area contributed by atoms with Gasteiger partial charge in [-0.25, -0.2) is 9.82 Å². The third-order valence-electron chi connectivity index (χ3n) is 2.11. The Kier molecular flexibility index (Phi) is 2.33. The number of benzene rings is 1. The predicted molar refractivity (Wildman–Crippen MR) is 53.7 cm³/mol. The molecule has 14 heavy (non-hydrogen) atoms. The van der Waals surface area contributed by atoms with Crippen molar-refractivity contribution in [2.24, 2.45) is 0 Å². The second kappa shape index (κ2) is 3.64. The van der Waals surface area contributed by atoms with Crippen molar-refractivity contribution in [2.45, 2.75) is 6.04 Å². The van der Waals surface area contributed by atoms with E-state index in [1.165, 1.54) is 12.1 Å². The molecule has 0 radical (unpaired) electrons. The summed E-state index contributed by atoms with van der Waals surface area (Å²) < 4.78 is 12.6. The van der Waals surface area contributed by atoms with Gasteiger partial charge in [-0.05, 0) is 23.8 Å². The van der Waals surface area contributed by atoms with Gasteiger partial charge >= 0.3 is 0 Å². The third kappa shape index (κ3) is 1.83. The molecule has 0 aliphatic carbocycles. The highest BCUT2D eigenvalue weighted by molar-refractivity contribution is 5.28. The fourth-order valence-electron chi connectivity index (χ4n) is 1.34. The Hall–Kier alpha value is -1.61. The summed E-state index contributed by atoms with van der Waals surface area (Å²) in [6, 6.07) is 6.49. The van der Waals surface area contributed by atoms with E-state index in [1.807, 2.05) is 12.2 Å². The molecule has 1 aliphatic rings. The highest BCUT2D eigenvalue weighted by Crippen LogP contribution is 2.17. The first kappa shape index (κ1) is 8.97. The van der Waals surface area contributed by atoms with Crippen molar-refractivity contribution in [3.63, 3.8) is 0 Å². The third-order valence-corrected chi connectivity index (χ3v) is 2.11. The van der Waals surface area contributed by atoms with Crippen molar-refractivity contribution >= 4 is 0 Å². The van der Waals surface area contributed by atoms with Crippen LogP contribution in [0.15, 0.2) is 48.7 Å². The first-order chi connectivity index (χ1) is 6.75. The molecule has 1 aliphatic heterocycles. The molecule has 0 fully saturated rings. The summed E-state index contributed by atoms with van der Waals surface area (Å²) in [5.74, 6) is -0.217. The molecule has 2 rings (SSSR count). The van der Waals surface area contributed by atoms with Gasteiger partial charge in [-0.3, -0.25) is 0 Å². The zero-order valence-electron chi connectivity index (χ0n) is 7.63. The first-order valence-electron chi connectivity index (χ1n) is 4.40. The van der Waals surface area contributed by atoms with E-state index < -0.39 is 0 Å². The minimum Gasteiger partial charge on any atom is -0.321 e. The van der Waals surface area contributed by atoms with Gasteiger partial charge in [0.1, 0.15) is 5.82 Å². The number of hydrogen-bond acceptors (Lipinski definition) is 2. The van der Waals surface area contributed by atoms with Crippen LogP contribution in [0.5, 0.6) is 0 Å². The number of hydrogen-bond donors (Lipinski definition) is 2. The quantitative estimate of drug-likeness (QED) is 0.708. The highest BCUT2D eigenvalue weighted by atomic mass is 19.1. The lowest BCUT2D eigenvalue weighted by atomic mass is 10.1. The molecule has 2 nitrogen and oxygen atoms in total. The molecule has 1 aromatic carbocycles. The van der Waals surface area contributed by atoms with Crippen LogP contribution in [0.4, 0.5) is 4.39 Å². The monoisotopic (exact) mass is 190 g/mol. The second-order valence-corrected chi connectivity index (χ2v) is 3.18. The van der Waals surface area contributed by atoms with Crippen molar-refractivity contribution in [3.8, 4) is 0 Å². The van der Waals surface area contributed by atoms with E-state index >= 15 is 0 Å². The van der Waals surface area contributed by atoms with Gasteiger partial charge in [0.2, 0.25) is 0 Å². The minimum absolute atomic E-state index is 0.0705. The number of rotatable bonds is 1. The van der Waals surface area contributed by atoms with Crippen molar-refractivity contribution in [2.75, 3.05) is 0 Å². The maximum atomic E-state index is 12.6. The molecule has 0 aromatic heterocycles. The van der Waals surface area contributed by atoms with Gasteiger partial charge in [-0.2, -0.15) is 0 Å². The lowest BCUT2D eigenvalue weighted by Crippen LogP contribution is -2.35. The zero-order valence-corrected chi connectivity index (χ0v) is 7.63. The van der Waals surface area contributed by atoms with Gasteiger partial charge in [0.05, 0.1) is 6.04 Å². The van der Waals surface area contributed by atoms with E-state index in [-0.39, 0.29) is 11.9 Å². The smallest absolute Gasteiger partial charge is 0.123 e. The van der Waals surface area contributed by atoms with Crippen LogP contribution in [-0.2, 0) is 0 Å². The summed E-state index contributed by atoms with van der Waals surface area (Å²) in [6.07, 6.45) is 3.87. The van der Waals surface area contributed by atoms with Crippen molar-refractivity contribution < 1.29 is 4.39 Å². The van der Waals surface area contributed by atoms with E-state index in [4.69, 9.17) is 0 Å². The highest BCUT2D eigenvalue weighted by Gasteiger charge is 2.10. The van der Waals surface area contributed by atoms with E-state index in [1.54, 1.807) is 12.1 Å². The summed E-state index contributed by atoms with van der Waals surface area (Å²) in [5.41, 5.74) is 7.80. The Bertz CT molecular complexity index is 367. The lowest BCUT2D eigenvalue weighted by molar-refractivity contribution is 0.534. The Morgan fingerprint density at radius 3 is 2.50 bits per heavy atom. The summed E-state index contributed by atoms with van der Waals surface area (Å²) in [5, 5.41) is 0. The van der Waals surface area contributed by atoms with Crippen molar-refractivity contribution in [3.05, 3.63) is 60.1 Å². The summed E-state index contributed by atoms with van der Waals surface area (Å²) in [4.78, 5) is 0. The fraction of sp³-hybridized carbons (Fsp3) is 0.0909. The van der Waals surface area contributed by atoms with Gasteiger partial charge in [0.15, 0.2) is 0 Å². The van der Waals surface area contributed by atoms with Crippen LogP contribution < -0.4 is 10.9 Å². The summed E-state index contributed by atoms with van der Waals surface area (Å²) in [7, 11) is 0. The molecule has 1 heterocycles. The standard InChI is InChI=1S/C11H11FN2/c1-8-2-7-11(14-13-8)9-3-5-10(12)6-4-9/h2-7,11,13-14H,1H2. The normalized spacial score (nSPS) is 20.6. The van der Waals surface area contributed by atoms with Gasteiger partial charge < -0.3 is 5.43 Å². The Morgan fingerprint density at radius 2 is 1.93 bits per heavy atom. The second-order valence-electron chi connectivity index (χ2n) is 3.18. The van der Waals surface area contributed by atoms with Gasteiger partial charge in [0, 0.05) is 5.70 Å². The van der Waals surface area contributed by atoms with E-state index in [0.29, 0.717) is 0 Å². The lowest BCUT2D eigenvalue weighted by Gasteiger charge is -2.21. The molecule has 0 saturated heterocycles. The summed E-state index contributed by atoms with van der Waals surface area (Å²) in [6.45, 7) is 3.74. The van der Waals surface area contributed by atoms with Crippen LogP contribution in [0, 0.1) is 5.82 Å². The molecule has 0 amide bonds. The first-order valence-corrected chi connectivity index (χ1v) is 4.40. The number of allylic oxidation sites excluding steroid dienone is 1. The van der Waals surface area contributed by atoms with Gasteiger partial charge in [-0.1, -0.05) is 24.8 Å². The van der Waals surface area contributed by atoms with Crippen LogP contribution in [0.25, 0.3) is 0 Å². The molecule has 0 saturated carbocycles. The van der Waals surface area contributed by atoms with Crippen LogP contribution in [0.3, 0.4) is 0 Å². The van der Waals surface area contributed by atoms with Crippen LogP contribution in [0.1, 0.15) is 11.6 Å². The number of hydrazine groups is 1. The Morgan fingerprint density at radius 1 is 1.21 bits per heavy atom. The van der Waals surface area contributed by atoms with Crippen LogP contribution in [0.2, 0.25) is 0 Å². The SMILES string of the molecule is C=C1C=CC(c2ccc(F)cc2)NN1. The molecule has 0 bridgehead atoms. The van der Waals surface area contributed by atoms with E-state index in [2.05, 4.69) is 17.4 Å². The van der Waals surface area contributed by atoms with Crippen molar-refractivity contribution in [1.29, 1.82) is 0 Å². The van der Waals surface area contributed by atoms with Gasteiger partial charge in [-0.15, -0.1) is 0 Å². The molecule has 1 aromatic rings. The molecule has 72 valence electrons. The molecule has 1 unspecified atom stereocenters. The average Bonchev–Trinajstić information content (AvgIpc) is 2.21. The largest absolute Gasteiger partial charge is 0.321 e. The number of nitrogens with one attached hydrogen (secondary N) is 2. The summed E-state index contributed by atoms with van der Waals surface area (Å²) >= 11 is 0. The predicted octanol–water partition coefficient (Wildman–Crippen LogP) is 2.04.